The minimum Gasteiger partial charge on any atom is -0.491 e. The summed E-state index contributed by atoms with van der Waals surface area (Å²) in [6, 6.07) is 4.22. The van der Waals surface area contributed by atoms with Gasteiger partial charge in [0.1, 0.15) is 11.9 Å². The Morgan fingerprint density at radius 2 is 2.06 bits per heavy atom. The van der Waals surface area contributed by atoms with Gasteiger partial charge < -0.3 is 20.3 Å². The average molecular weight is 471 g/mol. The third-order valence-electron chi connectivity index (χ3n) is 5.95. The van der Waals surface area contributed by atoms with Gasteiger partial charge in [-0.2, -0.15) is 5.10 Å². The number of carbonyl (C=O) groups is 1. The first-order valence-corrected chi connectivity index (χ1v) is 11.0. The summed E-state index contributed by atoms with van der Waals surface area (Å²) in [4.78, 5) is 19.1. The first-order chi connectivity index (χ1) is 16.2. The average Bonchev–Trinajstić information content (AvgIpc) is 3.23. The molecule has 4 rings (SSSR count). The van der Waals surface area contributed by atoms with Crippen molar-refractivity contribution in [3.8, 4) is 5.75 Å². The number of aryl methyl sites for hydroxylation is 1. The second-order valence-corrected chi connectivity index (χ2v) is 8.73. The molecule has 0 fully saturated rings. The lowest BCUT2D eigenvalue weighted by Gasteiger charge is -2.38. The smallest absolute Gasteiger partial charge is 0.247 e. The second-order valence-electron chi connectivity index (χ2n) is 8.73. The van der Waals surface area contributed by atoms with Crippen molar-refractivity contribution in [3.63, 3.8) is 0 Å². The number of methoxy groups -OCH3 is 1. The Morgan fingerprint density at radius 1 is 1.29 bits per heavy atom. The summed E-state index contributed by atoms with van der Waals surface area (Å²) in [5.41, 5.74) is 3.49. The van der Waals surface area contributed by atoms with E-state index in [2.05, 4.69) is 20.7 Å². The number of nitrogens with zero attached hydrogens (tertiary/aromatic N) is 4. The molecule has 2 aromatic heterocycles. The first-order valence-electron chi connectivity index (χ1n) is 11.0. The highest BCUT2D eigenvalue weighted by Crippen LogP contribution is 2.36. The second kappa shape index (κ2) is 9.28. The highest BCUT2D eigenvalue weighted by molar-refractivity contribution is 6.04. The number of hydrogen-bond acceptors (Lipinski definition) is 6. The summed E-state index contributed by atoms with van der Waals surface area (Å²) < 4.78 is 34.5. The number of likely N-dealkylation sites (N-methyl/N-ethyl adjacent to an activating group) is 1. The van der Waals surface area contributed by atoms with Crippen molar-refractivity contribution in [1.82, 2.24) is 14.8 Å². The van der Waals surface area contributed by atoms with Crippen molar-refractivity contribution in [2.45, 2.75) is 39.9 Å². The van der Waals surface area contributed by atoms with Crippen LogP contribution in [0.2, 0.25) is 0 Å². The van der Waals surface area contributed by atoms with E-state index in [9.17, 15) is 13.6 Å². The van der Waals surface area contributed by atoms with E-state index in [-0.39, 0.29) is 30.0 Å². The maximum atomic E-state index is 14.4. The lowest BCUT2D eigenvalue weighted by Crippen LogP contribution is -2.49. The first kappa shape index (κ1) is 23.5. The Hall–Kier alpha value is -3.69. The monoisotopic (exact) mass is 470 g/mol. The number of anilines is 3. The molecule has 1 aliphatic rings. The Labute approximate surface area is 196 Å². The summed E-state index contributed by atoms with van der Waals surface area (Å²) in [7, 11) is 3.15. The van der Waals surface area contributed by atoms with Crippen molar-refractivity contribution in [2.75, 3.05) is 29.7 Å². The fourth-order valence-electron chi connectivity index (χ4n) is 4.29. The molecule has 1 unspecified atom stereocenters. The van der Waals surface area contributed by atoms with Crippen LogP contribution in [0.4, 0.5) is 26.0 Å². The molecule has 0 bridgehead atoms. The van der Waals surface area contributed by atoms with E-state index in [1.807, 2.05) is 38.8 Å². The Balaban J connectivity index is 1.48. The van der Waals surface area contributed by atoms with Gasteiger partial charge in [-0.1, -0.05) is 19.9 Å². The summed E-state index contributed by atoms with van der Waals surface area (Å²) in [6.45, 7) is 6.48. The van der Waals surface area contributed by atoms with E-state index >= 15 is 0 Å². The SMILES string of the molecule is COc1c(F)ccc(Cn2cc(CNc3cc4c(c(C)n3)NC(=O)C(C(C)C)N4C)cn2)c1F. The Bertz CT molecular complexity index is 1230. The van der Waals surface area contributed by atoms with Crippen molar-refractivity contribution in [2.24, 2.45) is 5.92 Å². The van der Waals surface area contributed by atoms with Crippen molar-refractivity contribution < 1.29 is 18.3 Å². The van der Waals surface area contributed by atoms with Crippen LogP contribution in [0.3, 0.4) is 0 Å². The third-order valence-corrected chi connectivity index (χ3v) is 5.95. The van der Waals surface area contributed by atoms with Crippen LogP contribution in [-0.4, -0.2) is 40.9 Å². The number of fused-ring (bicyclic) bond motifs is 1. The molecule has 0 radical (unpaired) electrons. The van der Waals surface area contributed by atoms with Gasteiger partial charge in [-0.25, -0.2) is 13.8 Å². The molecule has 1 aromatic carbocycles. The van der Waals surface area contributed by atoms with Crippen LogP contribution in [0.25, 0.3) is 0 Å². The fourth-order valence-corrected chi connectivity index (χ4v) is 4.29. The van der Waals surface area contributed by atoms with Gasteiger partial charge in [0.25, 0.3) is 0 Å². The molecule has 0 saturated heterocycles. The predicted octanol–water partition coefficient (Wildman–Crippen LogP) is 3.95. The molecule has 3 aromatic rings. The predicted molar refractivity (Wildman–Crippen MR) is 126 cm³/mol. The van der Waals surface area contributed by atoms with E-state index in [1.54, 1.807) is 17.1 Å². The Kier molecular flexibility index (Phi) is 6.41. The van der Waals surface area contributed by atoms with Crippen LogP contribution in [0, 0.1) is 24.5 Å². The van der Waals surface area contributed by atoms with Gasteiger partial charge in [-0.3, -0.25) is 9.48 Å². The summed E-state index contributed by atoms with van der Waals surface area (Å²) in [5.74, 6) is -1.09. The topological polar surface area (TPSA) is 84.3 Å². The van der Waals surface area contributed by atoms with E-state index < -0.39 is 17.4 Å². The zero-order valence-corrected chi connectivity index (χ0v) is 19.8. The fraction of sp³-hybridized carbons (Fsp3) is 0.375. The van der Waals surface area contributed by atoms with E-state index in [1.165, 1.54) is 19.2 Å². The zero-order chi connectivity index (χ0) is 24.6. The number of benzene rings is 1. The van der Waals surface area contributed by atoms with Gasteiger partial charge in [-0.15, -0.1) is 0 Å². The molecule has 0 saturated carbocycles. The highest BCUT2D eigenvalue weighted by Gasteiger charge is 2.34. The van der Waals surface area contributed by atoms with E-state index in [4.69, 9.17) is 4.74 Å². The highest BCUT2D eigenvalue weighted by atomic mass is 19.1. The van der Waals surface area contributed by atoms with Gasteiger partial charge in [0.05, 0.1) is 36.9 Å². The van der Waals surface area contributed by atoms with Crippen LogP contribution in [-0.2, 0) is 17.9 Å². The molecule has 1 amide bonds. The minimum atomic E-state index is -0.744. The summed E-state index contributed by atoms with van der Waals surface area (Å²) in [6.07, 6.45) is 3.47. The summed E-state index contributed by atoms with van der Waals surface area (Å²) >= 11 is 0. The molecule has 1 aliphatic heterocycles. The van der Waals surface area contributed by atoms with Gasteiger partial charge in [0.2, 0.25) is 5.91 Å². The number of hydrogen-bond donors (Lipinski definition) is 2. The van der Waals surface area contributed by atoms with Gasteiger partial charge in [0.15, 0.2) is 17.4 Å². The van der Waals surface area contributed by atoms with Gasteiger partial charge in [0, 0.05) is 37.0 Å². The number of ether oxygens (including phenoxy) is 1. The normalized spacial score (nSPS) is 15.4. The third kappa shape index (κ3) is 4.40. The van der Waals surface area contributed by atoms with Crippen LogP contribution < -0.4 is 20.3 Å². The molecule has 0 spiro atoms. The van der Waals surface area contributed by atoms with Gasteiger partial charge >= 0.3 is 0 Å². The van der Waals surface area contributed by atoms with Crippen LogP contribution >= 0.6 is 0 Å². The maximum Gasteiger partial charge on any atom is 0.247 e. The van der Waals surface area contributed by atoms with Gasteiger partial charge in [-0.05, 0) is 18.9 Å². The van der Waals surface area contributed by atoms with Crippen LogP contribution in [0.5, 0.6) is 5.75 Å². The molecule has 180 valence electrons. The number of nitrogens with one attached hydrogen (secondary N) is 2. The number of carbonyl (C=O) groups excluding carboxylic acids is 1. The van der Waals surface area contributed by atoms with E-state index in [0.29, 0.717) is 12.4 Å². The molecule has 1 atom stereocenters. The van der Waals surface area contributed by atoms with Crippen LogP contribution in [0.1, 0.15) is 30.7 Å². The molecule has 2 N–H and O–H groups in total. The molecular formula is C24H28F2N6O2. The maximum absolute atomic E-state index is 14.4. The van der Waals surface area contributed by atoms with Crippen molar-refractivity contribution >= 4 is 23.1 Å². The largest absolute Gasteiger partial charge is 0.491 e. The molecule has 34 heavy (non-hydrogen) atoms. The number of pyridine rings is 1. The standard InChI is InChI=1S/C24H28F2N6O2/c1-13(2)22-24(33)30-21-14(3)29-19(8-18(21)31(22)4)27-9-15-10-28-32(11-15)12-16-6-7-17(25)23(34-5)20(16)26/h6-8,10-11,13,22H,9,12H2,1-5H3,(H,27,29)(H,30,33). The number of amides is 1. The molecule has 0 aliphatic carbocycles. The minimum absolute atomic E-state index is 0.0294. The lowest BCUT2D eigenvalue weighted by atomic mass is 9.98. The quantitative estimate of drug-likeness (QED) is 0.544. The number of halogens is 2. The summed E-state index contributed by atoms with van der Waals surface area (Å²) in [5, 5.41) is 10.6. The van der Waals surface area contributed by atoms with Crippen molar-refractivity contribution in [1.29, 1.82) is 0 Å². The molecule has 8 nitrogen and oxygen atoms in total. The van der Waals surface area contributed by atoms with E-state index in [0.717, 1.165) is 22.6 Å². The molecule has 10 heteroatoms. The molecule has 3 heterocycles. The van der Waals surface area contributed by atoms with Crippen LogP contribution in [0.15, 0.2) is 30.6 Å². The Morgan fingerprint density at radius 3 is 2.76 bits per heavy atom. The molecular weight excluding hydrogens is 442 g/mol. The lowest BCUT2D eigenvalue weighted by molar-refractivity contribution is -0.118. The number of rotatable bonds is 7. The van der Waals surface area contributed by atoms with Crippen molar-refractivity contribution in [3.05, 3.63) is 59.0 Å². The number of aromatic nitrogens is 3. The zero-order valence-electron chi connectivity index (χ0n) is 19.8.